The van der Waals surface area contributed by atoms with Gasteiger partial charge in [0.05, 0.1) is 5.03 Å². The minimum Gasteiger partial charge on any atom is -0.758 e. The van der Waals surface area contributed by atoms with Gasteiger partial charge >= 0.3 is 5.97 Å². The maximum atomic E-state index is 11.5. The number of hydroxylamine groups is 2. The highest BCUT2D eigenvalue weighted by Crippen LogP contribution is 2.34. The zero-order valence-electron chi connectivity index (χ0n) is 10.2. The van der Waals surface area contributed by atoms with Crippen molar-refractivity contribution >= 4 is 17.7 Å². The quantitative estimate of drug-likeness (QED) is 0.508. The van der Waals surface area contributed by atoms with Crippen molar-refractivity contribution in [2.24, 2.45) is 0 Å². The average Bonchev–Trinajstić information content (AvgIpc) is 2.41. The van der Waals surface area contributed by atoms with E-state index in [-0.39, 0.29) is 11.6 Å². The second kappa shape index (κ2) is 6.12. The van der Waals surface area contributed by atoms with Gasteiger partial charge in [0.15, 0.2) is 6.10 Å². The summed E-state index contributed by atoms with van der Waals surface area (Å²) in [4.78, 5) is 10.9. The molecule has 0 radical (unpaired) electrons. The molecule has 2 rings (SSSR count). The largest absolute Gasteiger partial charge is 0.758 e. The normalized spacial score (nSPS) is 37.7. The van der Waals surface area contributed by atoms with Crippen LogP contribution in [0.1, 0.15) is 0 Å². The molecule has 1 saturated heterocycles. The van der Waals surface area contributed by atoms with Crippen molar-refractivity contribution in [1.82, 2.24) is 5.06 Å². The van der Waals surface area contributed by atoms with Gasteiger partial charge in [-0.3, -0.25) is 0 Å². The molecule has 0 spiro atoms. The highest BCUT2D eigenvalue weighted by Gasteiger charge is 2.47. The summed E-state index contributed by atoms with van der Waals surface area (Å²) in [6.45, 7) is 0.134. The van der Waals surface area contributed by atoms with E-state index in [4.69, 9.17) is 9.84 Å². The Morgan fingerprint density at radius 2 is 2.05 bits per heavy atom. The van der Waals surface area contributed by atoms with Gasteiger partial charge in [0.2, 0.25) is 0 Å². The van der Waals surface area contributed by atoms with Crippen LogP contribution in [0.3, 0.4) is 0 Å². The molecular weight excluding hydrogens is 290 g/mol. The van der Waals surface area contributed by atoms with E-state index in [1.807, 2.05) is 0 Å². The Labute approximate surface area is 118 Å². The molecular formula is C11H14NO7S-. The van der Waals surface area contributed by atoms with Gasteiger partial charge in [0.25, 0.3) is 0 Å². The van der Waals surface area contributed by atoms with E-state index in [2.05, 4.69) is 0 Å². The number of nitrogens with zero attached hydrogens (tertiary/aromatic N) is 1. The van der Waals surface area contributed by atoms with E-state index >= 15 is 0 Å². The third kappa shape index (κ3) is 2.97. The third-order valence-corrected chi connectivity index (χ3v) is 4.15. The molecule has 8 nitrogen and oxygen atoms in total. The van der Waals surface area contributed by atoms with E-state index in [0.717, 1.165) is 11.8 Å². The van der Waals surface area contributed by atoms with E-state index in [9.17, 15) is 25.3 Å². The van der Waals surface area contributed by atoms with E-state index < -0.39 is 35.8 Å². The first-order valence-electron chi connectivity index (χ1n) is 5.82. The minimum atomic E-state index is -1.73. The predicted molar refractivity (Wildman–Crippen MR) is 69.2 cm³/mol. The van der Waals surface area contributed by atoms with E-state index in [1.54, 1.807) is 12.2 Å². The Kier molecular flexibility index (Phi) is 4.68. The molecule has 0 amide bonds. The van der Waals surface area contributed by atoms with Crippen molar-refractivity contribution in [3.63, 3.8) is 0 Å². The summed E-state index contributed by atoms with van der Waals surface area (Å²) in [5.74, 6) is -1.45. The molecule has 0 aromatic carbocycles. The molecule has 1 fully saturated rings. The smallest absolute Gasteiger partial charge is 0.335 e. The Bertz CT molecular complexity index is 440. The van der Waals surface area contributed by atoms with Crippen molar-refractivity contribution in [3.05, 3.63) is 28.5 Å². The molecule has 0 aliphatic carbocycles. The van der Waals surface area contributed by atoms with Crippen molar-refractivity contribution in [1.29, 1.82) is 0 Å². The fourth-order valence-electron chi connectivity index (χ4n) is 1.85. The number of aliphatic hydroxyl groups is 3. The second-order valence-corrected chi connectivity index (χ2v) is 5.47. The molecule has 2 aliphatic rings. The van der Waals surface area contributed by atoms with Crippen LogP contribution >= 0.6 is 11.8 Å². The van der Waals surface area contributed by atoms with Gasteiger partial charge in [0.1, 0.15) is 23.7 Å². The van der Waals surface area contributed by atoms with E-state index in [0.29, 0.717) is 5.06 Å². The molecule has 20 heavy (non-hydrogen) atoms. The number of thioether (sulfide) groups is 1. The first-order chi connectivity index (χ1) is 9.41. The number of rotatable bonds is 3. The minimum absolute atomic E-state index is 0.134. The Hall–Kier alpha value is -1.10. The van der Waals surface area contributed by atoms with Gasteiger partial charge in [-0.2, -0.15) is 0 Å². The fourth-order valence-corrected chi connectivity index (χ4v) is 2.91. The summed E-state index contributed by atoms with van der Waals surface area (Å²) in [6.07, 6.45) is -1.80. The molecule has 112 valence electrons. The maximum absolute atomic E-state index is 11.5. The number of ether oxygens (including phenoxy) is 1. The van der Waals surface area contributed by atoms with Gasteiger partial charge in [-0.1, -0.05) is 23.9 Å². The predicted octanol–water partition coefficient (Wildman–Crippen LogP) is -1.18. The fraction of sp³-hybridized carbons (Fsp3) is 0.545. The molecule has 0 saturated carbocycles. The molecule has 0 aromatic rings. The highest BCUT2D eigenvalue weighted by molar-refractivity contribution is 8.03. The number of aliphatic hydroxyl groups excluding tert-OH is 3. The summed E-state index contributed by atoms with van der Waals surface area (Å²) >= 11 is 0.801. The molecule has 2 heterocycles. The summed E-state index contributed by atoms with van der Waals surface area (Å²) in [6, 6.07) is 0. The molecule has 9 heteroatoms. The van der Waals surface area contributed by atoms with Crippen molar-refractivity contribution in [3.8, 4) is 0 Å². The Balaban J connectivity index is 2.12. The zero-order valence-corrected chi connectivity index (χ0v) is 11.0. The SMILES string of the molecule is O=C(O)[C@H]1O[C@@H](SC2=CC=CCN2[O-])[C@H](O)[C@@H](O)[C@@H]1O. The van der Waals surface area contributed by atoms with Crippen LogP contribution in [0.4, 0.5) is 0 Å². The monoisotopic (exact) mass is 304 g/mol. The summed E-state index contributed by atoms with van der Waals surface area (Å²) in [5.41, 5.74) is -1.16. The van der Waals surface area contributed by atoms with Crippen LogP contribution in [0.2, 0.25) is 0 Å². The maximum Gasteiger partial charge on any atom is 0.335 e. The van der Waals surface area contributed by atoms with Gasteiger partial charge in [-0.15, -0.1) is 0 Å². The van der Waals surface area contributed by atoms with Crippen molar-refractivity contribution in [2.75, 3.05) is 6.54 Å². The zero-order chi connectivity index (χ0) is 14.9. The van der Waals surface area contributed by atoms with Crippen LogP contribution in [-0.4, -0.2) is 67.9 Å². The Morgan fingerprint density at radius 1 is 1.35 bits per heavy atom. The lowest BCUT2D eigenvalue weighted by molar-refractivity contribution is -0.209. The van der Waals surface area contributed by atoms with Gasteiger partial charge in [-0.05, 0) is 6.08 Å². The lowest BCUT2D eigenvalue weighted by atomic mass is 10.0. The number of carboxylic acid groups (broad SMARTS) is 1. The van der Waals surface area contributed by atoms with Crippen LogP contribution in [-0.2, 0) is 9.53 Å². The number of carbonyl (C=O) groups is 1. The van der Waals surface area contributed by atoms with Crippen LogP contribution in [0, 0.1) is 5.21 Å². The number of hydrogen-bond donors (Lipinski definition) is 4. The van der Waals surface area contributed by atoms with Gasteiger partial charge in [-0.25, -0.2) is 4.79 Å². The number of carboxylic acids is 1. The first kappa shape index (κ1) is 15.3. The molecule has 2 aliphatic heterocycles. The topological polar surface area (TPSA) is 134 Å². The summed E-state index contributed by atoms with van der Waals surface area (Å²) in [5, 5.41) is 50.3. The van der Waals surface area contributed by atoms with Crippen molar-refractivity contribution < 1.29 is 30.0 Å². The number of allylic oxidation sites excluding steroid dienone is 2. The van der Waals surface area contributed by atoms with Crippen LogP contribution in [0.5, 0.6) is 0 Å². The molecule has 0 aromatic heterocycles. The molecule has 5 atom stereocenters. The molecule has 4 N–H and O–H groups in total. The third-order valence-electron chi connectivity index (χ3n) is 2.94. The van der Waals surface area contributed by atoms with Crippen molar-refractivity contribution in [2.45, 2.75) is 29.9 Å². The lowest BCUT2D eigenvalue weighted by Gasteiger charge is -2.41. The van der Waals surface area contributed by atoms with Gasteiger partial charge < -0.3 is 35.4 Å². The molecule has 0 bridgehead atoms. The van der Waals surface area contributed by atoms with Crippen LogP contribution in [0.25, 0.3) is 0 Å². The summed E-state index contributed by atoms with van der Waals surface area (Å²) < 4.78 is 5.07. The highest BCUT2D eigenvalue weighted by atomic mass is 32.2. The van der Waals surface area contributed by atoms with Crippen LogP contribution < -0.4 is 0 Å². The number of hydrogen-bond acceptors (Lipinski definition) is 8. The Morgan fingerprint density at radius 3 is 2.65 bits per heavy atom. The first-order valence-corrected chi connectivity index (χ1v) is 6.70. The standard InChI is InChI=1S/C11H14NO7S/c13-6-7(14)9(10(16)17)19-11(8(6)15)20-5-3-1-2-4-12(5)18/h1-3,6-9,11,13-15H,4H2,(H,16,17)/q-1/t6-,7-,8+,9-,11-/m0/s1. The van der Waals surface area contributed by atoms with E-state index in [1.165, 1.54) is 6.08 Å². The lowest BCUT2D eigenvalue weighted by Crippen LogP contribution is -2.58. The average molecular weight is 304 g/mol. The van der Waals surface area contributed by atoms with Crippen LogP contribution in [0.15, 0.2) is 23.3 Å². The molecule has 0 unspecified atom stereocenters. The second-order valence-electron chi connectivity index (χ2n) is 4.35. The summed E-state index contributed by atoms with van der Waals surface area (Å²) in [7, 11) is 0. The van der Waals surface area contributed by atoms with Gasteiger partial charge in [0, 0.05) is 6.54 Å². The number of aliphatic carboxylic acids is 1.